The zero-order valence-corrected chi connectivity index (χ0v) is 11.8. The van der Waals surface area contributed by atoms with Crippen molar-refractivity contribution in [2.24, 2.45) is 0 Å². The highest BCUT2D eigenvalue weighted by molar-refractivity contribution is 6.32. The molecule has 0 N–H and O–H groups in total. The van der Waals surface area contributed by atoms with Crippen molar-refractivity contribution in [1.29, 1.82) is 0 Å². The van der Waals surface area contributed by atoms with E-state index < -0.39 is 10.9 Å². The lowest BCUT2D eigenvalue weighted by molar-refractivity contribution is -0.384. The molecule has 21 heavy (non-hydrogen) atoms. The number of carbonyl (C=O) groups is 1. The minimum Gasteiger partial charge on any atom is -0.462 e. The van der Waals surface area contributed by atoms with E-state index in [2.05, 4.69) is 4.98 Å². The third-order valence-corrected chi connectivity index (χ3v) is 3.05. The number of hydrogen-bond donors (Lipinski definition) is 0. The molecule has 0 saturated carbocycles. The van der Waals surface area contributed by atoms with Crippen molar-refractivity contribution in [3.8, 4) is 11.1 Å². The summed E-state index contributed by atoms with van der Waals surface area (Å²) in [5, 5.41) is 10.9. The second-order valence-electron chi connectivity index (χ2n) is 4.05. The van der Waals surface area contributed by atoms with E-state index in [1.807, 2.05) is 0 Å². The summed E-state index contributed by atoms with van der Waals surface area (Å²) in [7, 11) is 0. The maximum absolute atomic E-state index is 11.6. The van der Waals surface area contributed by atoms with Gasteiger partial charge in [-0.2, -0.15) is 0 Å². The normalized spacial score (nSPS) is 10.2. The molecule has 0 radical (unpaired) electrons. The maximum Gasteiger partial charge on any atom is 0.338 e. The number of aromatic nitrogens is 1. The number of ether oxygens (including phenoxy) is 1. The standard InChI is InChI=1S/C14H11ClN2O4/c1-2-21-14(18)10-5-3-9(4-6-10)11-7-8-16-13(15)12(11)17(19)20/h3-8H,2H2,1H3. The SMILES string of the molecule is CCOC(=O)c1ccc(-c2ccnc(Cl)c2[N+](=O)[O-])cc1. The van der Waals surface area contributed by atoms with Crippen LogP contribution in [0.3, 0.4) is 0 Å². The minimum absolute atomic E-state index is 0.174. The van der Waals surface area contributed by atoms with Gasteiger partial charge in [-0.1, -0.05) is 23.7 Å². The maximum atomic E-state index is 11.6. The molecule has 0 fully saturated rings. The van der Waals surface area contributed by atoms with Gasteiger partial charge in [-0.05, 0) is 30.7 Å². The van der Waals surface area contributed by atoms with E-state index in [0.29, 0.717) is 16.7 Å². The molecule has 7 heteroatoms. The first kappa shape index (κ1) is 14.9. The van der Waals surface area contributed by atoms with Gasteiger partial charge in [0.15, 0.2) is 0 Å². The van der Waals surface area contributed by atoms with Crippen LogP contribution in [0.2, 0.25) is 5.15 Å². The molecule has 0 aliphatic carbocycles. The Morgan fingerprint density at radius 1 is 1.33 bits per heavy atom. The van der Waals surface area contributed by atoms with Gasteiger partial charge in [-0.15, -0.1) is 0 Å². The molecule has 0 aliphatic heterocycles. The Bertz CT molecular complexity index is 686. The Hall–Kier alpha value is -2.47. The molecule has 0 aliphatic rings. The number of nitro groups is 1. The average molecular weight is 307 g/mol. The number of benzene rings is 1. The molecule has 0 atom stereocenters. The van der Waals surface area contributed by atoms with Crippen molar-refractivity contribution in [1.82, 2.24) is 4.98 Å². The summed E-state index contributed by atoms with van der Waals surface area (Å²) in [4.78, 5) is 25.8. The first-order valence-electron chi connectivity index (χ1n) is 6.11. The van der Waals surface area contributed by atoms with Gasteiger partial charge in [0.2, 0.25) is 5.15 Å². The van der Waals surface area contributed by atoms with Crippen LogP contribution in [-0.4, -0.2) is 22.5 Å². The number of esters is 1. The van der Waals surface area contributed by atoms with E-state index in [-0.39, 0.29) is 17.4 Å². The molecule has 6 nitrogen and oxygen atoms in total. The lowest BCUT2D eigenvalue weighted by Crippen LogP contribution is -2.04. The van der Waals surface area contributed by atoms with Crippen molar-refractivity contribution in [2.75, 3.05) is 6.61 Å². The van der Waals surface area contributed by atoms with Gasteiger partial charge in [0.05, 0.1) is 22.7 Å². The molecule has 2 rings (SSSR count). The van der Waals surface area contributed by atoms with E-state index in [1.54, 1.807) is 31.2 Å². The number of carbonyl (C=O) groups excluding carboxylic acids is 1. The Kier molecular flexibility index (Phi) is 4.49. The van der Waals surface area contributed by atoms with E-state index in [1.165, 1.54) is 12.3 Å². The van der Waals surface area contributed by atoms with Gasteiger partial charge in [0.25, 0.3) is 0 Å². The van der Waals surface area contributed by atoms with Crippen LogP contribution in [0.5, 0.6) is 0 Å². The molecule has 0 saturated heterocycles. The fraction of sp³-hybridized carbons (Fsp3) is 0.143. The summed E-state index contributed by atoms with van der Waals surface area (Å²) in [6.07, 6.45) is 1.39. The molecule has 0 bridgehead atoms. The third kappa shape index (κ3) is 3.17. The highest BCUT2D eigenvalue weighted by Crippen LogP contribution is 2.34. The highest BCUT2D eigenvalue weighted by Gasteiger charge is 2.21. The van der Waals surface area contributed by atoms with Crippen molar-refractivity contribution in [3.05, 3.63) is 57.4 Å². The summed E-state index contributed by atoms with van der Waals surface area (Å²) >= 11 is 5.77. The van der Waals surface area contributed by atoms with Crippen molar-refractivity contribution < 1.29 is 14.5 Å². The lowest BCUT2D eigenvalue weighted by Gasteiger charge is -2.05. The van der Waals surface area contributed by atoms with E-state index in [0.717, 1.165) is 0 Å². The topological polar surface area (TPSA) is 82.3 Å². The molecule has 0 amide bonds. The number of rotatable bonds is 4. The highest BCUT2D eigenvalue weighted by atomic mass is 35.5. The van der Waals surface area contributed by atoms with Crippen LogP contribution >= 0.6 is 11.6 Å². The van der Waals surface area contributed by atoms with Gasteiger partial charge >= 0.3 is 11.7 Å². The van der Waals surface area contributed by atoms with Gasteiger partial charge < -0.3 is 4.74 Å². The van der Waals surface area contributed by atoms with Crippen molar-refractivity contribution >= 4 is 23.3 Å². The molecule has 108 valence electrons. The zero-order valence-electron chi connectivity index (χ0n) is 11.1. The third-order valence-electron chi connectivity index (χ3n) is 2.77. The molecule has 1 aromatic carbocycles. The van der Waals surface area contributed by atoms with Crippen LogP contribution in [-0.2, 0) is 4.74 Å². The summed E-state index contributed by atoms with van der Waals surface area (Å²) in [5.41, 5.74) is 1.03. The Balaban J connectivity index is 2.42. The predicted molar refractivity (Wildman–Crippen MR) is 77.3 cm³/mol. The van der Waals surface area contributed by atoms with Crippen molar-refractivity contribution in [3.63, 3.8) is 0 Å². The molecule has 1 aromatic heterocycles. The lowest BCUT2D eigenvalue weighted by atomic mass is 10.0. The fourth-order valence-electron chi connectivity index (χ4n) is 1.84. The number of pyridine rings is 1. The second-order valence-corrected chi connectivity index (χ2v) is 4.41. The smallest absolute Gasteiger partial charge is 0.338 e. The number of nitrogens with zero attached hydrogens (tertiary/aromatic N) is 2. The van der Waals surface area contributed by atoms with Crippen LogP contribution in [0.1, 0.15) is 17.3 Å². The molecular formula is C14H11ClN2O4. The number of hydrogen-bond acceptors (Lipinski definition) is 5. The van der Waals surface area contributed by atoms with Gasteiger partial charge in [-0.25, -0.2) is 9.78 Å². The van der Waals surface area contributed by atoms with E-state index in [4.69, 9.17) is 16.3 Å². The first-order chi connectivity index (χ1) is 10.0. The molecule has 0 spiro atoms. The Morgan fingerprint density at radius 3 is 2.57 bits per heavy atom. The van der Waals surface area contributed by atoms with Crippen LogP contribution in [0, 0.1) is 10.1 Å². The predicted octanol–water partition coefficient (Wildman–Crippen LogP) is 3.49. The van der Waals surface area contributed by atoms with E-state index in [9.17, 15) is 14.9 Å². The van der Waals surface area contributed by atoms with Crippen LogP contribution in [0.15, 0.2) is 36.5 Å². The molecule has 1 heterocycles. The van der Waals surface area contributed by atoms with E-state index >= 15 is 0 Å². The monoisotopic (exact) mass is 306 g/mol. The van der Waals surface area contributed by atoms with Gasteiger partial charge in [-0.3, -0.25) is 10.1 Å². The Labute approximate surface area is 125 Å². The number of halogens is 1. The second kappa shape index (κ2) is 6.32. The summed E-state index contributed by atoms with van der Waals surface area (Å²) in [6.45, 7) is 2.00. The van der Waals surface area contributed by atoms with Crippen LogP contribution < -0.4 is 0 Å². The van der Waals surface area contributed by atoms with Gasteiger partial charge in [0.1, 0.15) is 0 Å². The van der Waals surface area contributed by atoms with Crippen LogP contribution in [0.4, 0.5) is 5.69 Å². The average Bonchev–Trinajstić information content (AvgIpc) is 2.47. The quantitative estimate of drug-likeness (QED) is 0.374. The van der Waals surface area contributed by atoms with Crippen LogP contribution in [0.25, 0.3) is 11.1 Å². The summed E-state index contributed by atoms with van der Waals surface area (Å²) in [5.74, 6) is -0.439. The zero-order chi connectivity index (χ0) is 15.4. The van der Waals surface area contributed by atoms with Crippen molar-refractivity contribution in [2.45, 2.75) is 6.92 Å². The fourth-order valence-corrected chi connectivity index (χ4v) is 2.06. The first-order valence-corrected chi connectivity index (χ1v) is 6.48. The largest absolute Gasteiger partial charge is 0.462 e. The summed E-state index contributed by atoms with van der Waals surface area (Å²) < 4.78 is 4.88. The van der Waals surface area contributed by atoms with Gasteiger partial charge in [0, 0.05) is 6.20 Å². The molecule has 0 unspecified atom stereocenters. The molecule has 2 aromatic rings. The minimum atomic E-state index is -0.579. The molecular weight excluding hydrogens is 296 g/mol. The Morgan fingerprint density at radius 2 is 2.00 bits per heavy atom. The summed E-state index contributed by atoms with van der Waals surface area (Å²) in [6, 6.07) is 7.80.